The minimum absolute atomic E-state index is 0.135. The molecule has 1 aromatic heterocycles. The van der Waals surface area contributed by atoms with Crippen LogP contribution < -0.4 is 20.0 Å². The molecule has 0 saturated carbocycles. The van der Waals surface area contributed by atoms with E-state index in [-0.39, 0.29) is 5.43 Å². The number of nitrogens with one attached hydrogen (secondary N) is 2. The van der Waals surface area contributed by atoms with Crippen LogP contribution in [0.1, 0.15) is 24.6 Å². The van der Waals surface area contributed by atoms with Gasteiger partial charge in [-0.25, -0.2) is 0 Å². The van der Waals surface area contributed by atoms with E-state index in [1.807, 2.05) is 25.1 Å². The second-order valence-electron chi connectivity index (χ2n) is 7.86. The average Bonchev–Trinajstić information content (AvgIpc) is 2.76. The molecule has 0 spiro atoms. The fraction of sp³-hybridized carbons (Fsp3) is 0.375. The average molecular weight is 393 g/mol. The highest BCUT2D eigenvalue weighted by Crippen LogP contribution is 2.19. The first-order valence-corrected chi connectivity index (χ1v) is 10.6. The number of fused-ring (bicyclic) bond motifs is 1. The second-order valence-corrected chi connectivity index (χ2v) is 7.86. The maximum atomic E-state index is 13.2. The molecule has 0 atom stereocenters. The molecule has 0 amide bonds. The van der Waals surface area contributed by atoms with Gasteiger partial charge in [0.05, 0.1) is 38.3 Å². The molecule has 0 unspecified atom stereocenters. The number of aryl methyl sites for hydroxylation is 1. The number of ether oxygens (including phenoxy) is 1. The lowest BCUT2D eigenvalue weighted by Crippen LogP contribution is -3.13. The number of hydrogen-bond donors (Lipinski definition) is 2. The first-order chi connectivity index (χ1) is 14.2. The Bertz CT molecular complexity index is 1020. The molecule has 1 aliphatic heterocycles. The van der Waals surface area contributed by atoms with Crippen LogP contribution in [-0.4, -0.2) is 37.8 Å². The topological polar surface area (TPSA) is 49.8 Å². The van der Waals surface area contributed by atoms with Crippen LogP contribution in [0.15, 0.2) is 53.3 Å². The summed E-state index contributed by atoms with van der Waals surface area (Å²) >= 11 is 0. The van der Waals surface area contributed by atoms with Crippen molar-refractivity contribution in [2.45, 2.75) is 26.8 Å². The second kappa shape index (κ2) is 8.70. The SMILES string of the molecule is CCCOc1ccc2[nH]c(C)c(C[NH+]3CCN(c4ccccc4)CC3)c(=O)c2c1. The number of nitrogens with zero attached hydrogens (tertiary/aromatic N) is 1. The molecule has 5 nitrogen and oxygen atoms in total. The number of quaternary nitrogens is 1. The van der Waals surface area contributed by atoms with E-state index in [1.165, 1.54) is 10.6 Å². The molecule has 0 aliphatic carbocycles. The summed E-state index contributed by atoms with van der Waals surface area (Å²) in [5, 5.41) is 0.724. The third-order valence-electron chi connectivity index (χ3n) is 5.78. The zero-order chi connectivity index (χ0) is 20.2. The minimum atomic E-state index is 0.135. The Labute approximate surface area is 171 Å². The van der Waals surface area contributed by atoms with E-state index in [9.17, 15) is 4.79 Å². The van der Waals surface area contributed by atoms with Crippen LogP contribution in [-0.2, 0) is 6.54 Å². The first kappa shape index (κ1) is 19.5. The zero-order valence-corrected chi connectivity index (χ0v) is 17.3. The van der Waals surface area contributed by atoms with E-state index in [0.717, 1.165) is 67.1 Å². The third kappa shape index (κ3) is 4.30. The van der Waals surface area contributed by atoms with Crippen molar-refractivity contribution in [1.29, 1.82) is 0 Å². The van der Waals surface area contributed by atoms with Gasteiger partial charge >= 0.3 is 0 Å². The summed E-state index contributed by atoms with van der Waals surface area (Å²) in [6.45, 7) is 9.61. The number of benzene rings is 2. The Morgan fingerprint density at radius 1 is 1.10 bits per heavy atom. The lowest BCUT2D eigenvalue weighted by molar-refractivity contribution is -0.914. The van der Waals surface area contributed by atoms with Crippen molar-refractivity contribution in [2.75, 3.05) is 37.7 Å². The van der Waals surface area contributed by atoms with E-state index in [2.05, 4.69) is 47.1 Å². The highest BCUT2D eigenvalue weighted by molar-refractivity contribution is 5.81. The normalized spacial score (nSPS) is 15.0. The smallest absolute Gasteiger partial charge is 0.198 e. The summed E-state index contributed by atoms with van der Waals surface area (Å²) in [7, 11) is 0. The van der Waals surface area contributed by atoms with Gasteiger partial charge in [-0.05, 0) is 43.7 Å². The van der Waals surface area contributed by atoms with Crippen molar-refractivity contribution in [1.82, 2.24) is 4.98 Å². The Hall–Kier alpha value is -2.79. The van der Waals surface area contributed by atoms with Crippen LogP contribution in [0.25, 0.3) is 10.9 Å². The van der Waals surface area contributed by atoms with Gasteiger partial charge in [-0.3, -0.25) is 4.79 Å². The van der Waals surface area contributed by atoms with Crippen molar-refractivity contribution in [2.24, 2.45) is 0 Å². The Morgan fingerprint density at radius 3 is 2.59 bits per heavy atom. The fourth-order valence-corrected chi connectivity index (χ4v) is 4.10. The van der Waals surface area contributed by atoms with Gasteiger partial charge in [0.25, 0.3) is 0 Å². The van der Waals surface area contributed by atoms with Crippen molar-refractivity contribution < 1.29 is 9.64 Å². The van der Waals surface area contributed by atoms with E-state index < -0.39 is 0 Å². The lowest BCUT2D eigenvalue weighted by atomic mass is 10.1. The van der Waals surface area contributed by atoms with Gasteiger partial charge in [0.1, 0.15) is 12.3 Å². The predicted molar refractivity (Wildman–Crippen MR) is 118 cm³/mol. The molecule has 5 heteroatoms. The third-order valence-corrected chi connectivity index (χ3v) is 5.78. The Balaban J connectivity index is 1.51. The number of pyridine rings is 1. The molecule has 2 heterocycles. The van der Waals surface area contributed by atoms with Gasteiger partial charge < -0.3 is 19.5 Å². The summed E-state index contributed by atoms with van der Waals surface area (Å²) in [4.78, 5) is 20.6. The summed E-state index contributed by atoms with van der Waals surface area (Å²) < 4.78 is 5.73. The van der Waals surface area contributed by atoms with Gasteiger partial charge in [-0.15, -0.1) is 0 Å². The quantitative estimate of drug-likeness (QED) is 0.678. The molecule has 152 valence electrons. The van der Waals surface area contributed by atoms with Gasteiger partial charge in [-0.2, -0.15) is 0 Å². The molecular weight excluding hydrogens is 362 g/mol. The molecule has 2 N–H and O–H groups in total. The molecule has 1 fully saturated rings. The number of piperazine rings is 1. The van der Waals surface area contributed by atoms with Crippen molar-refractivity contribution in [3.63, 3.8) is 0 Å². The Morgan fingerprint density at radius 2 is 1.86 bits per heavy atom. The van der Waals surface area contributed by atoms with E-state index in [0.29, 0.717) is 6.61 Å². The predicted octanol–water partition coefficient (Wildman–Crippen LogP) is 2.53. The summed E-state index contributed by atoms with van der Waals surface area (Å²) in [5.74, 6) is 0.767. The number of aromatic nitrogens is 1. The molecule has 1 saturated heterocycles. The summed E-state index contributed by atoms with van der Waals surface area (Å²) in [5.41, 5.74) is 4.17. The fourth-order valence-electron chi connectivity index (χ4n) is 4.10. The maximum absolute atomic E-state index is 13.2. The van der Waals surface area contributed by atoms with Crippen LogP contribution >= 0.6 is 0 Å². The van der Waals surface area contributed by atoms with Crippen molar-refractivity contribution >= 4 is 16.6 Å². The van der Waals surface area contributed by atoms with Crippen LogP contribution in [0.3, 0.4) is 0 Å². The molecular formula is C24H30N3O2+. The molecule has 0 bridgehead atoms. The molecule has 0 radical (unpaired) electrons. The van der Waals surface area contributed by atoms with Gasteiger partial charge in [0, 0.05) is 22.3 Å². The molecule has 1 aliphatic rings. The minimum Gasteiger partial charge on any atom is -0.494 e. The molecule has 29 heavy (non-hydrogen) atoms. The highest BCUT2D eigenvalue weighted by Gasteiger charge is 2.22. The van der Waals surface area contributed by atoms with Crippen LogP contribution in [0, 0.1) is 6.92 Å². The summed E-state index contributed by atoms with van der Waals surface area (Å²) in [6, 6.07) is 16.3. The van der Waals surface area contributed by atoms with Crippen LogP contribution in [0.5, 0.6) is 5.75 Å². The van der Waals surface area contributed by atoms with E-state index >= 15 is 0 Å². The van der Waals surface area contributed by atoms with Crippen molar-refractivity contribution in [3.05, 3.63) is 70.0 Å². The number of aromatic amines is 1. The summed E-state index contributed by atoms with van der Waals surface area (Å²) in [6.07, 6.45) is 0.950. The van der Waals surface area contributed by atoms with Gasteiger partial charge in [0.15, 0.2) is 5.43 Å². The van der Waals surface area contributed by atoms with E-state index in [4.69, 9.17) is 4.74 Å². The number of hydrogen-bond acceptors (Lipinski definition) is 3. The number of rotatable bonds is 6. The largest absolute Gasteiger partial charge is 0.494 e. The van der Waals surface area contributed by atoms with Crippen LogP contribution in [0.4, 0.5) is 5.69 Å². The van der Waals surface area contributed by atoms with Crippen molar-refractivity contribution in [3.8, 4) is 5.75 Å². The highest BCUT2D eigenvalue weighted by atomic mass is 16.5. The van der Waals surface area contributed by atoms with Gasteiger partial charge in [-0.1, -0.05) is 25.1 Å². The Kier molecular flexibility index (Phi) is 5.86. The maximum Gasteiger partial charge on any atom is 0.198 e. The van der Waals surface area contributed by atoms with Gasteiger partial charge in [0.2, 0.25) is 0 Å². The van der Waals surface area contributed by atoms with Crippen LogP contribution in [0.2, 0.25) is 0 Å². The molecule has 4 rings (SSSR count). The number of anilines is 1. The van der Waals surface area contributed by atoms with E-state index in [1.54, 1.807) is 0 Å². The monoisotopic (exact) mass is 392 g/mol. The first-order valence-electron chi connectivity index (χ1n) is 10.6. The molecule has 2 aromatic carbocycles. The molecule has 3 aromatic rings. The number of H-pyrrole nitrogens is 1. The standard InChI is InChI=1S/C24H29N3O2/c1-3-15-29-20-9-10-23-21(16-20)24(28)22(18(2)25-23)17-26-11-13-27(14-12-26)19-7-5-4-6-8-19/h4-10,16H,3,11-15,17H2,1-2H3,(H,25,28)/p+1. The number of para-hydroxylation sites is 1. The lowest BCUT2D eigenvalue weighted by Gasteiger charge is -2.33. The zero-order valence-electron chi connectivity index (χ0n) is 17.3.